The molecule has 2 atom stereocenters. The number of likely N-dealkylation sites (tertiary alicyclic amines) is 3. The van der Waals surface area contributed by atoms with Crippen molar-refractivity contribution < 1.29 is 0 Å². The lowest BCUT2D eigenvalue weighted by Gasteiger charge is -2.44. The number of piperidine rings is 1. The molecule has 0 aromatic heterocycles. The number of hydrogen-bond acceptors (Lipinski definition) is 3. The minimum Gasteiger partial charge on any atom is -0.301 e. The van der Waals surface area contributed by atoms with E-state index in [1.54, 1.807) is 0 Å². The van der Waals surface area contributed by atoms with Crippen molar-refractivity contribution in [2.75, 3.05) is 26.2 Å². The van der Waals surface area contributed by atoms with E-state index in [1.807, 2.05) is 0 Å². The molecule has 3 heterocycles. The number of fused-ring (bicyclic) bond motifs is 2. The molecule has 2 bridgehead atoms. The first-order valence-corrected chi connectivity index (χ1v) is 8.31. The summed E-state index contributed by atoms with van der Waals surface area (Å²) < 4.78 is 0. The van der Waals surface area contributed by atoms with Crippen molar-refractivity contribution in [1.29, 1.82) is 0 Å². The Morgan fingerprint density at radius 2 is 1.47 bits per heavy atom. The molecule has 0 amide bonds. The number of nitrogens with zero attached hydrogens (tertiary/aromatic N) is 3. The van der Waals surface area contributed by atoms with Crippen LogP contribution in [0.15, 0.2) is 0 Å². The Labute approximate surface area is 118 Å². The zero-order valence-corrected chi connectivity index (χ0v) is 13.2. The molecule has 3 aliphatic heterocycles. The number of rotatable bonds is 3. The van der Waals surface area contributed by atoms with Gasteiger partial charge in [-0.3, -0.25) is 9.80 Å². The van der Waals surface area contributed by atoms with Crippen LogP contribution in [0.1, 0.15) is 47.0 Å². The normalized spacial score (nSPS) is 35.1. The van der Waals surface area contributed by atoms with Gasteiger partial charge in [-0.1, -0.05) is 0 Å². The fourth-order valence-electron chi connectivity index (χ4n) is 4.54. The highest BCUT2D eigenvalue weighted by Gasteiger charge is 2.46. The van der Waals surface area contributed by atoms with Gasteiger partial charge in [0, 0.05) is 43.3 Å². The third-order valence-electron chi connectivity index (χ3n) is 5.69. The molecular weight excluding hydrogens is 234 g/mol. The van der Waals surface area contributed by atoms with Gasteiger partial charge in [0.2, 0.25) is 0 Å². The Bertz CT molecular complexity index is 307. The summed E-state index contributed by atoms with van der Waals surface area (Å²) in [6.45, 7) is 14.7. The van der Waals surface area contributed by atoms with Crippen LogP contribution in [0.3, 0.4) is 0 Å². The third kappa shape index (κ3) is 2.57. The molecule has 3 saturated heterocycles. The zero-order chi connectivity index (χ0) is 13.6. The van der Waals surface area contributed by atoms with Gasteiger partial charge in [0.15, 0.2) is 0 Å². The lowest BCUT2D eigenvalue weighted by atomic mass is 10.0. The summed E-state index contributed by atoms with van der Waals surface area (Å²) in [4.78, 5) is 8.23. The molecule has 0 spiro atoms. The second-order valence-corrected chi connectivity index (χ2v) is 7.39. The van der Waals surface area contributed by atoms with Crippen LogP contribution in [0.5, 0.6) is 0 Å². The number of hydrogen-bond donors (Lipinski definition) is 0. The minimum atomic E-state index is 0.729. The van der Waals surface area contributed by atoms with E-state index in [0.717, 1.165) is 30.2 Å². The highest BCUT2D eigenvalue weighted by molar-refractivity contribution is 5.03. The van der Waals surface area contributed by atoms with Crippen molar-refractivity contribution in [2.45, 2.75) is 77.2 Å². The molecule has 110 valence electrons. The molecule has 3 rings (SSSR count). The molecular formula is C16H31N3. The molecule has 3 aliphatic rings. The van der Waals surface area contributed by atoms with Gasteiger partial charge in [0.05, 0.1) is 0 Å². The lowest BCUT2D eigenvalue weighted by Crippen LogP contribution is -2.54. The molecule has 0 unspecified atom stereocenters. The molecule has 0 aliphatic carbocycles. The van der Waals surface area contributed by atoms with E-state index in [4.69, 9.17) is 0 Å². The van der Waals surface area contributed by atoms with E-state index in [0.29, 0.717) is 0 Å². The fraction of sp³-hybridized carbons (Fsp3) is 1.00. The van der Waals surface area contributed by atoms with Crippen molar-refractivity contribution in [3.05, 3.63) is 0 Å². The van der Waals surface area contributed by atoms with Crippen molar-refractivity contribution >= 4 is 0 Å². The molecule has 0 radical (unpaired) electrons. The Morgan fingerprint density at radius 1 is 0.789 bits per heavy atom. The maximum atomic E-state index is 2.86. The Balaban J connectivity index is 1.54. The molecule has 0 aromatic rings. The van der Waals surface area contributed by atoms with Crippen molar-refractivity contribution in [2.24, 2.45) is 0 Å². The van der Waals surface area contributed by atoms with E-state index < -0.39 is 0 Å². The molecule has 3 heteroatoms. The summed E-state index contributed by atoms with van der Waals surface area (Å²) >= 11 is 0. The monoisotopic (exact) mass is 265 g/mol. The average molecular weight is 265 g/mol. The summed E-state index contributed by atoms with van der Waals surface area (Å²) in [6, 6.07) is 4.06. The van der Waals surface area contributed by atoms with Crippen LogP contribution in [-0.2, 0) is 0 Å². The summed E-state index contributed by atoms with van der Waals surface area (Å²) in [5.41, 5.74) is 0. The third-order valence-corrected chi connectivity index (χ3v) is 5.69. The van der Waals surface area contributed by atoms with E-state index in [1.165, 1.54) is 45.4 Å². The van der Waals surface area contributed by atoms with Gasteiger partial charge in [-0.25, -0.2) is 0 Å². The van der Waals surface area contributed by atoms with Crippen LogP contribution in [0, 0.1) is 0 Å². The Kier molecular flexibility index (Phi) is 3.89. The van der Waals surface area contributed by atoms with Crippen molar-refractivity contribution in [3.63, 3.8) is 0 Å². The summed E-state index contributed by atoms with van der Waals surface area (Å²) in [6.07, 6.45) is 4.22. The zero-order valence-electron chi connectivity index (χ0n) is 13.2. The van der Waals surface area contributed by atoms with Gasteiger partial charge in [0.25, 0.3) is 0 Å². The largest absolute Gasteiger partial charge is 0.301 e. The highest BCUT2D eigenvalue weighted by Crippen LogP contribution is 2.35. The van der Waals surface area contributed by atoms with E-state index >= 15 is 0 Å². The van der Waals surface area contributed by atoms with Crippen LogP contribution in [0.25, 0.3) is 0 Å². The summed E-state index contributed by atoms with van der Waals surface area (Å²) in [5, 5.41) is 0. The molecule has 0 N–H and O–H groups in total. The van der Waals surface area contributed by atoms with Crippen LogP contribution in [0.4, 0.5) is 0 Å². The summed E-state index contributed by atoms with van der Waals surface area (Å²) in [5.74, 6) is 0. The predicted molar refractivity (Wildman–Crippen MR) is 80.5 cm³/mol. The molecule has 3 fully saturated rings. The van der Waals surface area contributed by atoms with Gasteiger partial charge >= 0.3 is 0 Å². The maximum Gasteiger partial charge on any atom is 0.0242 e. The Hall–Kier alpha value is -0.120. The fourth-order valence-corrected chi connectivity index (χ4v) is 4.54. The van der Waals surface area contributed by atoms with E-state index in [9.17, 15) is 0 Å². The highest BCUT2D eigenvalue weighted by atomic mass is 15.4. The maximum absolute atomic E-state index is 2.86. The molecule has 3 nitrogen and oxygen atoms in total. The molecule has 0 saturated carbocycles. The van der Waals surface area contributed by atoms with Crippen LogP contribution in [-0.4, -0.2) is 71.1 Å². The SMILES string of the molecule is CC(C)N1CCC(N2C[C@H]3C[C@@H]2CN3C(C)C)CC1. The van der Waals surface area contributed by atoms with Gasteiger partial charge in [-0.05, 0) is 60.0 Å². The first-order chi connectivity index (χ1) is 9.06. The van der Waals surface area contributed by atoms with E-state index in [-0.39, 0.29) is 0 Å². The second kappa shape index (κ2) is 5.34. The van der Waals surface area contributed by atoms with E-state index in [2.05, 4.69) is 42.4 Å². The smallest absolute Gasteiger partial charge is 0.0242 e. The minimum absolute atomic E-state index is 0.729. The lowest BCUT2D eigenvalue weighted by molar-refractivity contribution is 0.0394. The van der Waals surface area contributed by atoms with Gasteiger partial charge in [-0.2, -0.15) is 0 Å². The standard InChI is InChI=1S/C16H31N3/c1-12(2)17-7-5-14(6-8-17)19-11-15-9-16(19)10-18(15)13(3)4/h12-16H,5-11H2,1-4H3/t15-,16-/m1/s1. The van der Waals surface area contributed by atoms with Gasteiger partial charge in [0.1, 0.15) is 0 Å². The second-order valence-electron chi connectivity index (χ2n) is 7.39. The van der Waals surface area contributed by atoms with Crippen LogP contribution >= 0.6 is 0 Å². The molecule has 0 aromatic carbocycles. The average Bonchev–Trinajstić information content (AvgIpc) is 2.98. The summed E-state index contributed by atoms with van der Waals surface area (Å²) in [7, 11) is 0. The van der Waals surface area contributed by atoms with Crippen LogP contribution < -0.4 is 0 Å². The van der Waals surface area contributed by atoms with Crippen LogP contribution in [0.2, 0.25) is 0 Å². The van der Waals surface area contributed by atoms with Crippen molar-refractivity contribution in [3.8, 4) is 0 Å². The van der Waals surface area contributed by atoms with Gasteiger partial charge < -0.3 is 4.90 Å². The predicted octanol–water partition coefficient (Wildman–Crippen LogP) is 2.03. The molecule has 19 heavy (non-hydrogen) atoms. The first-order valence-electron chi connectivity index (χ1n) is 8.31. The topological polar surface area (TPSA) is 9.72 Å². The van der Waals surface area contributed by atoms with Gasteiger partial charge in [-0.15, -0.1) is 0 Å². The first kappa shape index (κ1) is 13.8. The number of piperazine rings is 1. The quantitative estimate of drug-likeness (QED) is 0.773. The van der Waals surface area contributed by atoms with Crippen molar-refractivity contribution in [1.82, 2.24) is 14.7 Å². The Morgan fingerprint density at radius 3 is 1.95 bits per heavy atom.